The van der Waals surface area contributed by atoms with Gasteiger partial charge in [-0.25, -0.2) is 0 Å². The minimum Gasteiger partial charge on any atom is -0.481 e. The molecule has 5 nitrogen and oxygen atoms in total. The van der Waals surface area contributed by atoms with E-state index in [0.717, 1.165) is 5.56 Å². The quantitative estimate of drug-likeness (QED) is 0.926. The Morgan fingerprint density at radius 3 is 2.67 bits per heavy atom. The number of amides is 1. The largest absolute Gasteiger partial charge is 0.481 e. The second-order valence-electron chi connectivity index (χ2n) is 5.16. The number of likely N-dealkylation sites (N-methyl/N-ethyl adjacent to an activating group) is 1. The van der Waals surface area contributed by atoms with Crippen LogP contribution in [-0.2, 0) is 9.53 Å². The van der Waals surface area contributed by atoms with Crippen LogP contribution in [0.2, 0.25) is 5.02 Å². The highest BCUT2D eigenvalue weighted by Crippen LogP contribution is 2.23. The summed E-state index contributed by atoms with van der Waals surface area (Å²) < 4.78 is 5.25. The third-order valence-corrected chi connectivity index (χ3v) is 3.88. The maximum atomic E-state index is 12.7. The van der Waals surface area contributed by atoms with Crippen LogP contribution in [0.1, 0.15) is 22.8 Å². The fourth-order valence-corrected chi connectivity index (χ4v) is 2.93. The van der Waals surface area contributed by atoms with E-state index in [1.54, 1.807) is 23.1 Å². The Morgan fingerprint density at radius 2 is 2.10 bits per heavy atom. The van der Waals surface area contributed by atoms with Gasteiger partial charge in [-0.1, -0.05) is 11.6 Å². The summed E-state index contributed by atoms with van der Waals surface area (Å²) in [4.78, 5) is 25.5. The Bertz CT molecular complexity index is 540. The van der Waals surface area contributed by atoms with Crippen LogP contribution in [0, 0.1) is 12.8 Å². The van der Waals surface area contributed by atoms with E-state index in [1.807, 2.05) is 13.8 Å². The number of rotatable bonds is 4. The van der Waals surface area contributed by atoms with Crippen molar-refractivity contribution >= 4 is 23.5 Å². The molecule has 1 amide bonds. The zero-order chi connectivity index (χ0) is 15.6. The fourth-order valence-electron chi connectivity index (χ4n) is 2.64. The standard InChI is InChI=1S/C15H18ClNO4/c1-3-17(13-8-21-7-12(13)15(19)20)14(18)10-4-9(2)5-11(16)6-10/h4-6,12-13H,3,7-8H2,1-2H3,(H,19,20). The topological polar surface area (TPSA) is 66.8 Å². The minimum atomic E-state index is -0.939. The predicted octanol–water partition coefficient (Wildman–Crippen LogP) is 2.21. The number of ether oxygens (including phenoxy) is 1. The molecule has 1 fully saturated rings. The van der Waals surface area contributed by atoms with Crippen molar-refractivity contribution in [3.05, 3.63) is 34.3 Å². The molecule has 2 unspecified atom stereocenters. The lowest BCUT2D eigenvalue weighted by Crippen LogP contribution is -2.46. The lowest BCUT2D eigenvalue weighted by molar-refractivity contribution is -0.142. The van der Waals surface area contributed by atoms with Crippen molar-refractivity contribution < 1.29 is 19.4 Å². The number of nitrogens with zero attached hydrogens (tertiary/aromatic N) is 1. The molecule has 0 aromatic heterocycles. The van der Waals surface area contributed by atoms with Crippen LogP contribution >= 0.6 is 11.6 Å². The summed E-state index contributed by atoms with van der Waals surface area (Å²) in [6.45, 7) is 4.49. The van der Waals surface area contributed by atoms with Gasteiger partial charge in [0.2, 0.25) is 0 Å². The van der Waals surface area contributed by atoms with Gasteiger partial charge in [-0.2, -0.15) is 0 Å². The van der Waals surface area contributed by atoms with Crippen LogP contribution in [-0.4, -0.2) is 47.7 Å². The summed E-state index contributed by atoms with van der Waals surface area (Å²) in [5.74, 6) is -1.84. The van der Waals surface area contributed by atoms with Crippen molar-refractivity contribution in [3.63, 3.8) is 0 Å². The van der Waals surface area contributed by atoms with Gasteiger partial charge in [0.25, 0.3) is 5.91 Å². The number of aryl methyl sites for hydroxylation is 1. The van der Waals surface area contributed by atoms with Gasteiger partial charge < -0.3 is 14.7 Å². The number of carbonyl (C=O) groups excluding carboxylic acids is 1. The zero-order valence-corrected chi connectivity index (χ0v) is 12.8. The molecule has 1 aliphatic rings. The molecule has 2 rings (SSSR count). The molecule has 0 bridgehead atoms. The van der Waals surface area contributed by atoms with E-state index in [9.17, 15) is 14.7 Å². The van der Waals surface area contributed by atoms with Gasteiger partial charge in [0.05, 0.1) is 19.3 Å². The highest BCUT2D eigenvalue weighted by Gasteiger charge is 2.39. The molecular weight excluding hydrogens is 294 g/mol. The summed E-state index contributed by atoms with van der Waals surface area (Å²) in [6, 6.07) is 4.68. The highest BCUT2D eigenvalue weighted by atomic mass is 35.5. The van der Waals surface area contributed by atoms with E-state index in [2.05, 4.69) is 0 Å². The predicted molar refractivity (Wildman–Crippen MR) is 78.6 cm³/mol. The monoisotopic (exact) mass is 311 g/mol. The lowest BCUT2D eigenvalue weighted by atomic mass is 10.0. The SMILES string of the molecule is CCN(C(=O)c1cc(C)cc(Cl)c1)C1COCC1C(=O)O. The number of hydrogen-bond acceptors (Lipinski definition) is 3. The Hall–Kier alpha value is -1.59. The van der Waals surface area contributed by atoms with Crippen LogP contribution in [0.3, 0.4) is 0 Å². The number of carboxylic acids is 1. The van der Waals surface area contributed by atoms with Crippen molar-refractivity contribution in [1.29, 1.82) is 0 Å². The van der Waals surface area contributed by atoms with E-state index in [0.29, 0.717) is 17.1 Å². The van der Waals surface area contributed by atoms with E-state index in [4.69, 9.17) is 16.3 Å². The molecular formula is C15H18ClNO4. The number of hydrogen-bond donors (Lipinski definition) is 1. The number of carboxylic acid groups (broad SMARTS) is 1. The summed E-state index contributed by atoms with van der Waals surface area (Å²) in [6.07, 6.45) is 0. The molecule has 1 saturated heterocycles. The van der Waals surface area contributed by atoms with E-state index < -0.39 is 17.9 Å². The number of carbonyl (C=O) groups is 2. The summed E-state index contributed by atoms with van der Waals surface area (Å²) in [5.41, 5.74) is 1.36. The molecule has 1 aromatic rings. The molecule has 6 heteroatoms. The minimum absolute atomic E-state index is 0.137. The number of benzene rings is 1. The van der Waals surface area contributed by atoms with Gasteiger partial charge in [0.15, 0.2) is 0 Å². The first-order valence-electron chi connectivity index (χ1n) is 6.82. The molecule has 0 saturated carbocycles. The fraction of sp³-hybridized carbons (Fsp3) is 0.467. The average molecular weight is 312 g/mol. The van der Waals surface area contributed by atoms with E-state index in [-0.39, 0.29) is 19.1 Å². The van der Waals surface area contributed by atoms with Gasteiger partial charge in [-0.15, -0.1) is 0 Å². The molecule has 0 aliphatic carbocycles. The van der Waals surface area contributed by atoms with Crippen LogP contribution in [0.4, 0.5) is 0 Å². The van der Waals surface area contributed by atoms with Crippen LogP contribution in [0.5, 0.6) is 0 Å². The highest BCUT2D eigenvalue weighted by molar-refractivity contribution is 6.31. The summed E-state index contributed by atoms with van der Waals surface area (Å²) >= 11 is 5.99. The Labute approximate surface area is 128 Å². The van der Waals surface area contributed by atoms with Crippen LogP contribution in [0.15, 0.2) is 18.2 Å². The average Bonchev–Trinajstić information content (AvgIpc) is 2.87. The maximum Gasteiger partial charge on any atom is 0.311 e. The van der Waals surface area contributed by atoms with Gasteiger partial charge in [-0.05, 0) is 37.6 Å². The first-order chi connectivity index (χ1) is 9.93. The first-order valence-corrected chi connectivity index (χ1v) is 7.20. The van der Waals surface area contributed by atoms with Crippen molar-refractivity contribution in [2.24, 2.45) is 5.92 Å². The Morgan fingerprint density at radius 1 is 1.38 bits per heavy atom. The third kappa shape index (κ3) is 3.36. The smallest absolute Gasteiger partial charge is 0.311 e. The summed E-state index contributed by atoms with van der Waals surface area (Å²) in [5, 5.41) is 9.72. The van der Waals surface area contributed by atoms with Gasteiger partial charge in [0, 0.05) is 17.1 Å². The van der Waals surface area contributed by atoms with Crippen molar-refractivity contribution in [2.75, 3.05) is 19.8 Å². The molecule has 0 radical (unpaired) electrons. The Kier molecular flexibility index (Phi) is 4.85. The Balaban J connectivity index is 2.28. The molecule has 2 atom stereocenters. The van der Waals surface area contributed by atoms with Gasteiger partial charge in [0.1, 0.15) is 5.92 Å². The summed E-state index contributed by atoms with van der Waals surface area (Å²) in [7, 11) is 0. The zero-order valence-electron chi connectivity index (χ0n) is 12.0. The number of halogens is 1. The molecule has 1 aliphatic heterocycles. The normalized spacial score (nSPS) is 21.3. The molecule has 1 N–H and O–H groups in total. The van der Waals surface area contributed by atoms with Gasteiger partial charge in [-0.3, -0.25) is 9.59 Å². The van der Waals surface area contributed by atoms with Gasteiger partial charge >= 0.3 is 5.97 Å². The van der Waals surface area contributed by atoms with Crippen LogP contribution < -0.4 is 0 Å². The third-order valence-electron chi connectivity index (χ3n) is 3.66. The second-order valence-corrected chi connectivity index (χ2v) is 5.59. The van der Waals surface area contributed by atoms with Crippen molar-refractivity contribution in [1.82, 2.24) is 4.90 Å². The lowest BCUT2D eigenvalue weighted by Gasteiger charge is -2.29. The number of aliphatic carboxylic acids is 1. The van der Waals surface area contributed by atoms with Crippen LogP contribution in [0.25, 0.3) is 0 Å². The molecule has 1 aromatic carbocycles. The molecule has 21 heavy (non-hydrogen) atoms. The maximum absolute atomic E-state index is 12.7. The molecule has 114 valence electrons. The van der Waals surface area contributed by atoms with Crippen molar-refractivity contribution in [2.45, 2.75) is 19.9 Å². The second kappa shape index (κ2) is 6.45. The van der Waals surface area contributed by atoms with Crippen molar-refractivity contribution in [3.8, 4) is 0 Å². The van der Waals surface area contributed by atoms with E-state index >= 15 is 0 Å². The molecule has 1 heterocycles. The molecule has 0 spiro atoms. The first kappa shape index (κ1) is 15.8. The van der Waals surface area contributed by atoms with E-state index in [1.165, 1.54) is 0 Å².